The van der Waals surface area contributed by atoms with E-state index in [0.29, 0.717) is 18.5 Å². The molecular weight excluding hydrogens is 324 g/mol. The lowest BCUT2D eigenvalue weighted by Gasteiger charge is -2.19. The topological polar surface area (TPSA) is 71.2 Å². The van der Waals surface area contributed by atoms with Crippen LogP contribution in [0, 0.1) is 0 Å². The zero-order valence-corrected chi connectivity index (χ0v) is 13.4. The van der Waals surface area contributed by atoms with E-state index in [1.807, 2.05) is 26.8 Å². The molecule has 6 heteroatoms. The molecule has 5 nitrogen and oxygen atoms in total. The van der Waals surface area contributed by atoms with Gasteiger partial charge < -0.3 is 15.0 Å². The average Bonchev–Trinajstić information content (AvgIpc) is 2.30. The maximum atomic E-state index is 11.5. The summed E-state index contributed by atoms with van der Waals surface area (Å²) in [6.07, 6.45) is 5.31. The molecule has 1 heterocycles. The van der Waals surface area contributed by atoms with Crippen LogP contribution in [0.1, 0.15) is 32.8 Å². The van der Waals surface area contributed by atoms with E-state index in [2.05, 4.69) is 26.2 Å². The van der Waals surface area contributed by atoms with Gasteiger partial charge in [0.25, 0.3) is 5.56 Å². The second kappa shape index (κ2) is 7.28. The number of halogens is 1. The first-order valence-electron chi connectivity index (χ1n) is 6.29. The summed E-state index contributed by atoms with van der Waals surface area (Å²) >= 11 is 3.29. The van der Waals surface area contributed by atoms with Gasteiger partial charge in [-0.05, 0) is 49.2 Å². The van der Waals surface area contributed by atoms with Gasteiger partial charge in [0, 0.05) is 22.8 Å². The molecule has 0 aliphatic carbocycles. The van der Waals surface area contributed by atoms with Gasteiger partial charge in [-0.3, -0.25) is 4.79 Å². The number of hydrogen-bond acceptors (Lipinski definition) is 3. The second-order valence-corrected chi connectivity index (χ2v) is 6.14. The Labute approximate surface area is 126 Å². The van der Waals surface area contributed by atoms with Crippen LogP contribution in [0.5, 0.6) is 0 Å². The molecule has 1 rings (SSSR count). The molecule has 0 aromatic carbocycles. The van der Waals surface area contributed by atoms with Crippen molar-refractivity contribution in [1.29, 1.82) is 0 Å². The van der Waals surface area contributed by atoms with Gasteiger partial charge in [0.2, 0.25) is 0 Å². The van der Waals surface area contributed by atoms with E-state index in [0.717, 1.165) is 4.47 Å². The maximum absolute atomic E-state index is 11.5. The summed E-state index contributed by atoms with van der Waals surface area (Å²) in [4.78, 5) is 25.5. The molecule has 1 amide bonds. The zero-order valence-electron chi connectivity index (χ0n) is 11.8. The number of amides is 1. The number of nitrogens with one attached hydrogen (secondary N) is 2. The van der Waals surface area contributed by atoms with Crippen LogP contribution in [0.3, 0.4) is 0 Å². The van der Waals surface area contributed by atoms with E-state index in [4.69, 9.17) is 4.74 Å². The summed E-state index contributed by atoms with van der Waals surface area (Å²) in [5.74, 6) is 0. The van der Waals surface area contributed by atoms with Crippen molar-refractivity contribution in [3.63, 3.8) is 0 Å². The van der Waals surface area contributed by atoms with Crippen LogP contribution in [0.2, 0.25) is 0 Å². The molecule has 0 saturated heterocycles. The van der Waals surface area contributed by atoms with E-state index < -0.39 is 11.7 Å². The third-order valence-corrected chi connectivity index (χ3v) is 2.63. The van der Waals surface area contributed by atoms with E-state index in [-0.39, 0.29) is 5.56 Å². The monoisotopic (exact) mass is 342 g/mol. The maximum Gasteiger partial charge on any atom is 0.407 e. The van der Waals surface area contributed by atoms with Crippen LogP contribution in [0.25, 0.3) is 6.08 Å². The number of hydrogen-bond donors (Lipinski definition) is 2. The SMILES string of the molecule is CC(C)(C)OC(=O)NCCC=Cc1cc(Br)c[nH]c1=O. The number of carbonyl (C=O) groups is 1. The van der Waals surface area contributed by atoms with E-state index >= 15 is 0 Å². The number of ether oxygens (including phenoxy) is 1. The molecular formula is C14H19BrN2O3. The highest BCUT2D eigenvalue weighted by molar-refractivity contribution is 9.10. The second-order valence-electron chi connectivity index (χ2n) is 5.22. The van der Waals surface area contributed by atoms with Crippen molar-refractivity contribution in [1.82, 2.24) is 10.3 Å². The smallest absolute Gasteiger partial charge is 0.407 e. The van der Waals surface area contributed by atoms with Crippen LogP contribution in [-0.4, -0.2) is 23.2 Å². The molecule has 1 aromatic rings. The summed E-state index contributed by atoms with van der Waals surface area (Å²) in [5, 5.41) is 2.64. The highest BCUT2D eigenvalue weighted by atomic mass is 79.9. The predicted octanol–water partition coefficient (Wildman–Crippen LogP) is 3.07. The quantitative estimate of drug-likeness (QED) is 0.826. The number of aromatic amines is 1. The first-order valence-corrected chi connectivity index (χ1v) is 7.09. The zero-order chi connectivity index (χ0) is 15.2. The summed E-state index contributed by atoms with van der Waals surface area (Å²) in [6, 6.07) is 1.73. The van der Waals surface area contributed by atoms with Gasteiger partial charge in [-0.1, -0.05) is 12.2 Å². The molecule has 0 spiro atoms. The highest BCUT2D eigenvalue weighted by Crippen LogP contribution is 2.08. The number of pyridine rings is 1. The molecule has 0 aliphatic rings. The first kappa shape index (κ1) is 16.5. The fraction of sp³-hybridized carbons (Fsp3) is 0.429. The minimum absolute atomic E-state index is 0.149. The normalized spacial score (nSPS) is 11.6. The number of carbonyl (C=O) groups excluding carboxylic acids is 1. The Kier molecular flexibility index (Phi) is 6.01. The van der Waals surface area contributed by atoms with Crippen molar-refractivity contribution in [2.45, 2.75) is 32.8 Å². The molecule has 0 bridgehead atoms. The van der Waals surface area contributed by atoms with Crippen molar-refractivity contribution in [2.75, 3.05) is 6.54 Å². The van der Waals surface area contributed by atoms with Gasteiger partial charge in [-0.15, -0.1) is 0 Å². The molecule has 0 radical (unpaired) electrons. The lowest BCUT2D eigenvalue weighted by atomic mass is 10.2. The van der Waals surface area contributed by atoms with Crippen molar-refractivity contribution in [2.24, 2.45) is 0 Å². The van der Waals surface area contributed by atoms with Gasteiger partial charge in [-0.25, -0.2) is 4.79 Å². The van der Waals surface area contributed by atoms with Crippen LogP contribution < -0.4 is 10.9 Å². The largest absolute Gasteiger partial charge is 0.444 e. The molecule has 2 N–H and O–H groups in total. The Morgan fingerprint density at radius 3 is 2.85 bits per heavy atom. The first-order chi connectivity index (χ1) is 9.28. The van der Waals surface area contributed by atoms with E-state index in [1.165, 1.54) is 0 Å². The molecule has 1 aromatic heterocycles. The molecule has 0 aliphatic heterocycles. The number of aromatic nitrogens is 1. The minimum Gasteiger partial charge on any atom is -0.444 e. The summed E-state index contributed by atoms with van der Waals surface area (Å²) < 4.78 is 5.91. The molecule has 0 saturated carbocycles. The molecule has 0 fully saturated rings. The predicted molar refractivity (Wildman–Crippen MR) is 82.7 cm³/mol. The Bertz CT molecular complexity index is 544. The van der Waals surface area contributed by atoms with Gasteiger partial charge >= 0.3 is 6.09 Å². The average molecular weight is 343 g/mol. The third kappa shape index (κ3) is 6.56. The third-order valence-electron chi connectivity index (χ3n) is 2.17. The highest BCUT2D eigenvalue weighted by Gasteiger charge is 2.15. The lowest BCUT2D eigenvalue weighted by molar-refractivity contribution is 0.0529. The van der Waals surface area contributed by atoms with Crippen molar-refractivity contribution in [3.8, 4) is 0 Å². The molecule has 0 atom stereocenters. The van der Waals surface area contributed by atoms with Gasteiger partial charge in [0.15, 0.2) is 0 Å². The van der Waals surface area contributed by atoms with Gasteiger partial charge in [-0.2, -0.15) is 0 Å². The number of rotatable bonds is 4. The van der Waals surface area contributed by atoms with Crippen LogP contribution >= 0.6 is 15.9 Å². The summed E-state index contributed by atoms with van der Waals surface area (Å²) in [7, 11) is 0. The standard InChI is InChI=1S/C14H19BrN2O3/c1-14(2,3)20-13(19)16-7-5-4-6-10-8-11(15)9-17-12(10)18/h4,6,8-9H,5,7H2,1-3H3,(H,16,19)(H,17,18). The van der Waals surface area contributed by atoms with E-state index in [1.54, 1.807) is 18.3 Å². The Morgan fingerprint density at radius 1 is 1.50 bits per heavy atom. The molecule has 0 unspecified atom stereocenters. The van der Waals surface area contributed by atoms with Crippen molar-refractivity contribution < 1.29 is 9.53 Å². The van der Waals surface area contributed by atoms with Gasteiger partial charge in [0.1, 0.15) is 5.60 Å². The van der Waals surface area contributed by atoms with E-state index in [9.17, 15) is 9.59 Å². The summed E-state index contributed by atoms with van der Waals surface area (Å²) in [5.41, 5.74) is -0.0787. The summed E-state index contributed by atoms with van der Waals surface area (Å²) in [6.45, 7) is 5.89. The Morgan fingerprint density at radius 2 is 2.20 bits per heavy atom. The van der Waals surface area contributed by atoms with Crippen LogP contribution in [0.15, 0.2) is 27.6 Å². The minimum atomic E-state index is -0.496. The lowest BCUT2D eigenvalue weighted by Crippen LogP contribution is -2.32. The number of H-pyrrole nitrogens is 1. The number of alkyl carbamates (subject to hydrolysis) is 1. The van der Waals surface area contributed by atoms with Gasteiger partial charge in [0.05, 0.1) is 0 Å². The van der Waals surface area contributed by atoms with Crippen molar-refractivity contribution in [3.05, 3.63) is 38.7 Å². The fourth-order valence-electron chi connectivity index (χ4n) is 1.38. The molecule has 20 heavy (non-hydrogen) atoms. The fourth-order valence-corrected chi connectivity index (χ4v) is 1.74. The Hall–Kier alpha value is -1.56. The van der Waals surface area contributed by atoms with Crippen LogP contribution in [0.4, 0.5) is 4.79 Å². The van der Waals surface area contributed by atoms with Crippen LogP contribution in [-0.2, 0) is 4.74 Å². The van der Waals surface area contributed by atoms with Crippen molar-refractivity contribution >= 4 is 28.1 Å². The Balaban J connectivity index is 2.38. The molecule has 110 valence electrons.